The van der Waals surface area contributed by atoms with Gasteiger partial charge in [0.1, 0.15) is 0 Å². The van der Waals surface area contributed by atoms with E-state index in [4.69, 9.17) is 21.6 Å². The predicted molar refractivity (Wildman–Crippen MR) is 67.4 cm³/mol. The van der Waals surface area contributed by atoms with E-state index in [0.717, 1.165) is 0 Å². The summed E-state index contributed by atoms with van der Waals surface area (Å²) in [6.45, 7) is 0.852. The number of sulfonamides is 1. The summed E-state index contributed by atoms with van der Waals surface area (Å²) in [5.74, 6) is 0.542. The van der Waals surface area contributed by atoms with Crippen molar-refractivity contribution in [2.45, 2.75) is 19.3 Å². The summed E-state index contributed by atoms with van der Waals surface area (Å²) in [5.41, 5.74) is 0. The SMILES string of the molecule is COCCN(CCC#N)S(=O)(=O)CCCCCl. The molecule has 0 rings (SSSR count). The lowest BCUT2D eigenvalue weighted by Gasteiger charge is -2.20. The van der Waals surface area contributed by atoms with E-state index in [1.165, 1.54) is 11.4 Å². The van der Waals surface area contributed by atoms with Gasteiger partial charge in [-0.3, -0.25) is 0 Å². The molecule has 0 aliphatic rings. The highest BCUT2D eigenvalue weighted by Gasteiger charge is 2.20. The van der Waals surface area contributed by atoms with Crippen molar-refractivity contribution >= 4 is 21.6 Å². The van der Waals surface area contributed by atoms with Crippen molar-refractivity contribution in [3.63, 3.8) is 0 Å². The number of nitrogens with zero attached hydrogens (tertiary/aromatic N) is 2. The van der Waals surface area contributed by atoms with Crippen LogP contribution in [0.1, 0.15) is 19.3 Å². The van der Waals surface area contributed by atoms with Gasteiger partial charge in [-0.2, -0.15) is 9.57 Å². The van der Waals surface area contributed by atoms with Crippen LogP contribution in [0.5, 0.6) is 0 Å². The molecule has 7 heteroatoms. The van der Waals surface area contributed by atoms with E-state index >= 15 is 0 Å². The number of alkyl halides is 1. The third-order valence-corrected chi connectivity index (χ3v) is 4.42. The zero-order chi connectivity index (χ0) is 13.1. The van der Waals surface area contributed by atoms with Crippen LogP contribution in [-0.4, -0.2) is 51.2 Å². The predicted octanol–water partition coefficient (Wildman–Crippen LogP) is 1.20. The lowest BCUT2D eigenvalue weighted by molar-refractivity contribution is 0.179. The molecule has 0 N–H and O–H groups in total. The third-order valence-electron chi connectivity index (χ3n) is 2.20. The summed E-state index contributed by atoms with van der Waals surface area (Å²) in [6, 6.07) is 1.95. The van der Waals surface area contributed by atoms with Crippen molar-refractivity contribution in [3.05, 3.63) is 0 Å². The van der Waals surface area contributed by atoms with Gasteiger partial charge in [-0.15, -0.1) is 11.6 Å². The van der Waals surface area contributed by atoms with Gasteiger partial charge in [0.25, 0.3) is 0 Å². The molecule has 0 aromatic heterocycles. The summed E-state index contributed by atoms with van der Waals surface area (Å²) < 4.78 is 30.0. The molecule has 0 bridgehead atoms. The highest BCUT2D eigenvalue weighted by atomic mass is 35.5. The van der Waals surface area contributed by atoms with Crippen LogP contribution in [0.2, 0.25) is 0 Å². The Bertz CT molecular complexity index is 327. The van der Waals surface area contributed by atoms with Gasteiger partial charge in [-0.05, 0) is 12.8 Å². The summed E-state index contributed by atoms with van der Waals surface area (Å²) in [7, 11) is -1.78. The minimum Gasteiger partial charge on any atom is -0.383 e. The first kappa shape index (κ1) is 16.6. The second-order valence-corrected chi connectivity index (χ2v) is 5.98. The highest BCUT2D eigenvalue weighted by molar-refractivity contribution is 7.89. The normalized spacial score (nSPS) is 11.6. The van der Waals surface area contributed by atoms with Crippen LogP contribution < -0.4 is 0 Å². The molecule has 0 unspecified atom stereocenters. The highest BCUT2D eigenvalue weighted by Crippen LogP contribution is 2.06. The number of hydrogen-bond acceptors (Lipinski definition) is 4. The quantitative estimate of drug-likeness (QED) is 0.446. The number of nitriles is 1. The lowest BCUT2D eigenvalue weighted by atomic mass is 10.4. The van der Waals surface area contributed by atoms with Gasteiger partial charge >= 0.3 is 0 Å². The maximum atomic E-state index is 11.9. The van der Waals surface area contributed by atoms with E-state index in [9.17, 15) is 8.42 Å². The van der Waals surface area contributed by atoms with Crippen LogP contribution in [0, 0.1) is 11.3 Å². The van der Waals surface area contributed by atoms with Crippen molar-refractivity contribution in [1.29, 1.82) is 5.26 Å². The summed E-state index contributed by atoms with van der Waals surface area (Å²) in [6.07, 6.45) is 1.41. The molecule has 0 saturated heterocycles. The standard InChI is InChI=1S/C10H19ClN2O3S/c1-16-9-8-13(7-4-6-12)17(14,15)10-3-2-5-11/h2-5,7-10H2,1H3. The van der Waals surface area contributed by atoms with Crippen LogP contribution >= 0.6 is 11.6 Å². The number of ether oxygens (including phenoxy) is 1. The van der Waals surface area contributed by atoms with Crippen molar-refractivity contribution in [1.82, 2.24) is 4.31 Å². The molecule has 0 aromatic carbocycles. The van der Waals surface area contributed by atoms with E-state index < -0.39 is 10.0 Å². The van der Waals surface area contributed by atoms with Crippen LogP contribution in [0.3, 0.4) is 0 Å². The van der Waals surface area contributed by atoms with E-state index in [1.807, 2.05) is 6.07 Å². The van der Waals surface area contributed by atoms with E-state index in [0.29, 0.717) is 31.9 Å². The molecule has 0 heterocycles. The van der Waals surface area contributed by atoms with Gasteiger partial charge in [0.2, 0.25) is 10.0 Å². The Hall–Kier alpha value is -0.350. The van der Waals surface area contributed by atoms with Crippen LogP contribution in [0.15, 0.2) is 0 Å². The van der Waals surface area contributed by atoms with Gasteiger partial charge in [0, 0.05) is 32.5 Å². The summed E-state index contributed by atoms with van der Waals surface area (Å²) >= 11 is 5.51. The monoisotopic (exact) mass is 282 g/mol. The third kappa shape index (κ3) is 7.55. The largest absolute Gasteiger partial charge is 0.383 e. The Morgan fingerprint density at radius 2 is 2.06 bits per heavy atom. The van der Waals surface area contributed by atoms with Crippen molar-refractivity contribution in [2.75, 3.05) is 38.4 Å². The maximum Gasteiger partial charge on any atom is 0.214 e. The smallest absolute Gasteiger partial charge is 0.214 e. The topological polar surface area (TPSA) is 70.4 Å². The van der Waals surface area contributed by atoms with Crippen molar-refractivity contribution in [2.24, 2.45) is 0 Å². The molecule has 0 aliphatic carbocycles. The van der Waals surface area contributed by atoms with Gasteiger partial charge in [-0.1, -0.05) is 0 Å². The number of hydrogen-bond donors (Lipinski definition) is 0. The molecule has 0 atom stereocenters. The average molecular weight is 283 g/mol. The second kappa shape index (κ2) is 9.66. The number of methoxy groups -OCH3 is 1. The molecular weight excluding hydrogens is 264 g/mol. The fraction of sp³-hybridized carbons (Fsp3) is 0.900. The Kier molecular flexibility index (Phi) is 9.46. The Labute approximate surface area is 108 Å². The van der Waals surface area contributed by atoms with E-state index in [2.05, 4.69) is 0 Å². The summed E-state index contributed by atoms with van der Waals surface area (Å²) in [4.78, 5) is 0. The van der Waals surface area contributed by atoms with Gasteiger partial charge in [0.05, 0.1) is 18.4 Å². The molecule has 0 amide bonds. The van der Waals surface area contributed by atoms with Crippen molar-refractivity contribution in [3.8, 4) is 6.07 Å². The first-order chi connectivity index (χ1) is 8.08. The fourth-order valence-corrected chi connectivity index (χ4v) is 3.00. The van der Waals surface area contributed by atoms with E-state index in [-0.39, 0.29) is 18.7 Å². The molecule has 100 valence electrons. The Morgan fingerprint density at radius 3 is 2.59 bits per heavy atom. The molecule has 0 radical (unpaired) electrons. The van der Waals surface area contributed by atoms with Crippen molar-refractivity contribution < 1.29 is 13.2 Å². The molecule has 0 fully saturated rings. The van der Waals surface area contributed by atoms with Gasteiger partial charge in [0.15, 0.2) is 0 Å². The first-order valence-corrected chi connectivity index (χ1v) is 7.62. The summed E-state index contributed by atoms with van der Waals surface area (Å²) in [5, 5.41) is 8.50. The van der Waals surface area contributed by atoms with E-state index in [1.54, 1.807) is 0 Å². The molecule has 0 saturated carbocycles. The molecular formula is C10H19ClN2O3S. The van der Waals surface area contributed by atoms with Gasteiger partial charge in [-0.25, -0.2) is 8.42 Å². The zero-order valence-corrected chi connectivity index (χ0v) is 11.6. The minimum absolute atomic E-state index is 0.0782. The minimum atomic E-state index is -3.30. The lowest BCUT2D eigenvalue weighted by Crippen LogP contribution is -2.36. The molecule has 0 spiro atoms. The van der Waals surface area contributed by atoms with Crippen LogP contribution in [-0.2, 0) is 14.8 Å². The Morgan fingerprint density at radius 1 is 1.35 bits per heavy atom. The Balaban J connectivity index is 4.36. The average Bonchev–Trinajstić information content (AvgIpc) is 2.29. The molecule has 5 nitrogen and oxygen atoms in total. The molecule has 17 heavy (non-hydrogen) atoms. The number of unbranched alkanes of at least 4 members (excludes halogenated alkanes) is 1. The molecule has 0 aliphatic heterocycles. The number of halogens is 1. The fourth-order valence-electron chi connectivity index (χ4n) is 1.27. The number of rotatable bonds is 10. The van der Waals surface area contributed by atoms with Crippen LogP contribution in [0.25, 0.3) is 0 Å². The maximum absolute atomic E-state index is 11.9. The first-order valence-electron chi connectivity index (χ1n) is 5.48. The van der Waals surface area contributed by atoms with Crippen LogP contribution in [0.4, 0.5) is 0 Å². The second-order valence-electron chi connectivity index (χ2n) is 3.51. The molecule has 0 aromatic rings. The van der Waals surface area contributed by atoms with Gasteiger partial charge < -0.3 is 4.74 Å². The zero-order valence-electron chi connectivity index (χ0n) is 10.1.